The summed E-state index contributed by atoms with van der Waals surface area (Å²) >= 11 is 3.44. The lowest BCUT2D eigenvalue weighted by Gasteiger charge is -2.30. The number of likely N-dealkylation sites (tertiary alicyclic amines) is 1. The summed E-state index contributed by atoms with van der Waals surface area (Å²) in [5.74, 6) is 2.92. The lowest BCUT2D eigenvalue weighted by atomic mass is 9.89. The fourth-order valence-electron chi connectivity index (χ4n) is 4.15. The largest absolute Gasteiger partial charge is 0.342 e. The fraction of sp³-hybridized carbons (Fsp3) is 0.650. The van der Waals surface area contributed by atoms with Gasteiger partial charge in [0.25, 0.3) is 0 Å². The second-order valence-corrected chi connectivity index (χ2v) is 10.0. The molecule has 2 atom stereocenters. The van der Waals surface area contributed by atoms with E-state index < -0.39 is 0 Å². The Morgan fingerprint density at radius 1 is 1.27 bits per heavy atom. The SMILES string of the molecule is Cc1nc(SCC(=O)N2CCCC(C)C2)c2c3c(sc2n1)CC(C)CC3. The zero-order valence-electron chi connectivity index (χ0n) is 15.9. The summed E-state index contributed by atoms with van der Waals surface area (Å²) in [6.45, 7) is 8.34. The molecule has 0 saturated carbocycles. The molecule has 2 aromatic rings. The molecule has 2 aromatic heterocycles. The number of hydrogen-bond acceptors (Lipinski definition) is 5. The van der Waals surface area contributed by atoms with E-state index in [0.717, 1.165) is 54.0 Å². The van der Waals surface area contributed by atoms with Crippen LogP contribution in [-0.2, 0) is 17.6 Å². The van der Waals surface area contributed by atoms with Gasteiger partial charge in [-0.1, -0.05) is 25.6 Å². The first-order valence-corrected chi connectivity index (χ1v) is 11.5. The van der Waals surface area contributed by atoms with Gasteiger partial charge in [-0.2, -0.15) is 0 Å². The Kier molecular flexibility index (Phi) is 5.24. The standard InChI is InChI=1S/C20H27N3OS2/c1-12-6-7-15-16(9-12)26-20-18(15)19(21-14(3)22-20)25-11-17(24)23-8-4-5-13(2)10-23/h12-13H,4-11H2,1-3H3. The van der Waals surface area contributed by atoms with Crippen molar-refractivity contribution in [3.63, 3.8) is 0 Å². The minimum atomic E-state index is 0.253. The molecular formula is C20H27N3OS2. The number of fused-ring (bicyclic) bond motifs is 3. The van der Waals surface area contributed by atoms with E-state index in [1.54, 1.807) is 11.8 Å². The van der Waals surface area contributed by atoms with Crippen LogP contribution < -0.4 is 0 Å². The molecule has 0 N–H and O–H groups in total. The van der Waals surface area contributed by atoms with Crippen molar-refractivity contribution in [2.45, 2.75) is 57.9 Å². The summed E-state index contributed by atoms with van der Waals surface area (Å²) in [6.07, 6.45) is 5.88. The number of rotatable bonds is 3. The molecule has 1 fully saturated rings. The Labute approximate surface area is 163 Å². The maximum atomic E-state index is 12.7. The van der Waals surface area contributed by atoms with Gasteiger partial charge < -0.3 is 4.90 Å². The number of thioether (sulfide) groups is 1. The van der Waals surface area contributed by atoms with E-state index in [-0.39, 0.29) is 5.91 Å². The topological polar surface area (TPSA) is 46.1 Å². The first-order valence-electron chi connectivity index (χ1n) is 9.70. The molecule has 0 spiro atoms. The summed E-state index contributed by atoms with van der Waals surface area (Å²) in [5.41, 5.74) is 1.45. The van der Waals surface area contributed by atoms with E-state index in [4.69, 9.17) is 9.97 Å². The number of carbonyl (C=O) groups excluding carboxylic acids is 1. The van der Waals surface area contributed by atoms with Gasteiger partial charge in [0.05, 0.1) is 5.75 Å². The van der Waals surface area contributed by atoms with Crippen LogP contribution in [-0.4, -0.2) is 39.6 Å². The molecule has 1 aliphatic heterocycles. The number of thiophene rings is 1. The molecule has 0 radical (unpaired) electrons. The van der Waals surface area contributed by atoms with Crippen LogP contribution in [0.1, 0.15) is 49.4 Å². The molecule has 1 aliphatic carbocycles. The predicted molar refractivity (Wildman–Crippen MR) is 109 cm³/mol. The summed E-state index contributed by atoms with van der Waals surface area (Å²) in [6, 6.07) is 0. The van der Waals surface area contributed by atoms with Crippen LogP contribution >= 0.6 is 23.1 Å². The quantitative estimate of drug-likeness (QED) is 0.574. The Hall–Kier alpha value is -1.14. The molecule has 2 unspecified atom stereocenters. The minimum absolute atomic E-state index is 0.253. The van der Waals surface area contributed by atoms with Crippen molar-refractivity contribution >= 4 is 39.2 Å². The molecule has 4 rings (SSSR count). The lowest BCUT2D eigenvalue weighted by molar-refractivity contribution is -0.130. The summed E-state index contributed by atoms with van der Waals surface area (Å²) in [7, 11) is 0. The Bertz CT molecular complexity index is 832. The van der Waals surface area contributed by atoms with Gasteiger partial charge in [-0.25, -0.2) is 9.97 Å². The van der Waals surface area contributed by atoms with Crippen molar-refractivity contribution in [2.24, 2.45) is 11.8 Å². The number of piperidine rings is 1. The van der Waals surface area contributed by atoms with Crippen LogP contribution in [0.3, 0.4) is 0 Å². The van der Waals surface area contributed by atoms with Gasteiger partial charge in [0.15, 0.2) is 0 Å². The fourth-order valence-corrected chi connectivity index (χ4v) is 6.65. The minimum Gasteiger partial charge on any atom is -0.342 e. The van der Waals surface area contributed by atoms with Gasteiger partial charge in [-0.15, -0.1) is 11.3 Å². The monoisotopic (exact) mass is 389 g/mol. The second kappa shape index (κ2) is 7.47. The molecule has 140 valence electrons. The number of amides is 1. The molecule has 3 heterocycles. The van der Waals surface area contributed by atoms with Gasteiger partial charge in [-0.05, 0) is 56.4 Å². The van der Waals surface area contributed by atoms with Crippen molar-refractivity contribution < 1.29 is 4.79 Å². The van der Waals surface area contributed by atoms with E-state index in [2.05, 4.69) is 13.8 Å². The number of aromatic nitrogens is 2. The Morgan fingerprint density at radius 2 is 2.12 bits per heavy atom. The lowest BCUT2D eigenvalue weighted by Crippen LogP contribution is -2.40. The third-order valence-corrected chi connectivity index (χ3v) is 7.68. The number of nitrogens with zero attached hydrogens (tertiary/aromatic N) is 3. The van der Waals surface area contributed by atoms with Crippen LogP contribution in [0.25, 0.3) is 10.2 Å². The predicted octanol–water partition coefficient (Wildman–Crippen LogP) is 4.48. The van der Waals surface area contributed by atoms with Crippen molar-refractivity contribution in [1.82, 2.24) is 14.9 Å². The highest BCUT2D eigenvalue weighted by Crippen LogP contribution is 2.41. The van der Waals surface area contributed by atoms with E-state index in [0.29, 0.717) is 11.7 Å². The maximum Gasteiger partial charge on any atom is 0.232 e. The molecule has 26 heavy (non-hydrogen) atoms. The molecular weight excluding hydrogens is 362 g/mol. The van der Waals surface area contributed by atoms with Crippen LogP contribution in [0.15, 0.2) is 5.03 Å². The summed E-state index contributed by atoms with van der Waals surface area (Å²) in [5, 5.41) is 2.24. The zero-order chi connectivity index (χ0) is 18.3. The first-order chi connectivity index (χ1) is 12.5. The Balaban J connectivity index is 1.57. The van der Waals surface area contributed by atoms with Gasteiger partial charge in [-0.3, -0.25) is 4.79 Å². The highest BCUT2D eigenvalue weighted by Gasteiger charge is 2.25. The van der Waals surface area contributed by atoms with Crippen LogP contribution in [0, 0.1) is 18.8 Å². The van der Waals surface area contributed by atoms with Crippen molar-refractivity contribution in [3.05, 3.63) is 16.3 Å². The smallest absolute Gasteiger partial charge is 0.232 e. The normalized spacial score (nSPS) is 23.3. The molecule has 2 aliphatic rings. The molecule has 4 nitrogen and oxygen atoms in total. The van der Waals surface area contributed by atoms with E-state index in [9.17, 15) is 4.79 Å². The average Bonchev–Trinajstić information content (AvgIpc) is 2.96. The molecule has 1 amide bonds. The average molecular weight is 390 g/mol. The number of aryl methyl sites for hydroxylation is 2. The van der Waals surface area contributed by atoms with Gasteiger partial charge in [0.1, 0.15) is 15.7 Å². The molecule has 0 bridgehead atoms. The number of carbonyl (C=O) groups is 1. The van der Waals surface area contributed by atoms with E-state index >= 15 is 0 Å². The van der Waals surface area contributed by atoms with Crippen molar-refractivity contribution in [1.29, 1.82) is 0 Å². The van der Waals surface area contributed by atoms with Crippen LogP contribution in [0.2, 0.25) is 0 Å². The van der Waals surface area contributed by atoms with E-state index in [1.807, 2.05) is 23.2 Å². The van der Waals surface area contributed by atoms with Crippen LogP contribution in [0.5, 0.6) is 0 Å². The third kappa shape index (κ3) is 3.63. The highest BCUT2D eigenvalue weighted by molar-refractivity contribution is 8.00. The summed E-state index contributed by atoms with van der Waals surface area (Å²) < 4.78 is 0. The highest BCUT2D eigenvalue weighted by atomic mass is 32.2. The number of hydrogen-bond donors (Lipinski definition) is 0. The maximum absolute atomic E-state index is 12.7. The second-order valence-electron chi connectivity index (χ2n) is 7.98. The summed E-state index contributed by atoms with van der Waals surface area (Å²) in [4.78, 5) is 26.7. The molecule has 6 heteroatoms. The van der Waals surface area contributed by atoms with Crippen molar-refractivity contribution in [2.75, 3.05) is 18.8 Å². The first kappa shape index (κ1) is 18.2. The van der Waals surface area contributed by atoms with E-state index in [1.165, 1.54) is 28.7 Å². The third-order valence-electron chi connectivity index (χ3n) is 5.58. The molecule has 0 aromatic carbocycles. The van der Waals surface area contributed by atoms with Gasteiger partial charge in [0, 0.05) is 23.4 Å². The van der Waals surface area contributed by atoms with Gasteiger partial charge >= 0.3 is 0 Å². The van der Waals surface area contributed by atoms with Crippen molar-refractivity contribution in [3.8, 4) is 0 Å². The molecule has 1 saturated heterocycles. The zero-order valence-corrected chi connectivity index (χ0v) is 17.5. The van der Waals surface area contributed by atoms with Crippen LogP contribution in [0.4, 0.5) is 0 Å². The Morgan fingerprint density at radius 3 is 2.92 bits per heavy atom. The van der Waals surface area contributed by atoms with Gasteiger partial charge in [0.2, 0.25) is 5.91 Å².